The molecule has 0 aromatic heterocycles. The van der Waals surface area contributed by atoms with Crippen LogP contribution in [0.2, 0.25) is 0 Å². The van der Waals surface area contributed by atoms with Gasteiger partial charge in [0, 0.05) is 0 Å². The van der Waals surface area contributed by atoms with E-state index in [2.05, 4.69) is 10.3 Å². The van der Waals surface area contributed by atoms with Crippen LogP contribution in [0.15, 0.2) is 23.2 Å². The Bertz CT molecular complexity index is 535. The molecule has 0 aliphatic heterocycles. The average molecular weight is 277 g/mol. The van der Waals surface area contributed by atoms with Gasteiger partial charge in [0.2, 0.25) is 0 Å². The van der Waals surface area contributed by atoms with Gasteiger partial charge in [0.25, 0.3) is 0 Å². The van der Waals surface area contributed by atoms with Crippen molar-refractivity contribution in [2.24, 2.45) is 4.99 Å². The second-order valence-electron chi connectivity index (χ2n) is 3.55. The molecular weight excluding hydrogens is 262 g/mol. The number of aliphatic imine (C=N–C) groups is 1. The van der Waals surface area contributed by atoms with E-state index < -0.39 is 5.97 Å². The van der Waals surface area contributed by atoms with Crippen LogP contribution in [0.5, 0.6) is 0 Å². The van der Waals surface area contributed by atoms with Crippen molar-refractivity contribution in [3.05, 3.63) is 29.3 Å². The van der Waals surface area contributed by atoms with Crippen LogP contribution in [-0.4, -0.2) is 24.0 Å². The highest BCUT2D eigenvalue weighted by Gasteiger charge is 2.14. The van der Waals surface area contributed by atoms with Crippen molar-refractivity contribution < 1.29 is 9.53 Å². The highest BCUT2D eigenvalue weighted by molar-refractivity contribution is 8.13. The Hall–Kier alpha value is -2.00. The molecule has 5 nitrogen and oxygen atoms in total. The van der Waals surface area contributed by atoms with Gasteiger partial charge in [0.1, 0.15) is 0 Å². The zero-order chi connectivity index (χ0) is 14.3. The normalized spacial score (nSPS) is 10.7. The maximum atomic E-state index is 11.9. The number of para-hydroxylation sites is 1. The standard InChI is InChI=1S/C13H15N3O2S/c1-4-18-12(17)10-7-5-6-9(2)11(10)16-13(19-3)15-8-14/h5-7H,4H2,1-3H3,(H,15,16). The first-order chi connectivity index (χ1) is 9.13. The average Bonchev–Trinajstić information content (AvgIpc) is 2.40. The van der Waals surface area contributed by atoms with Crippen molar-refractivity contribution in [3.8, 4) is 6.19 Å². The number of esters is 1. The number of nitriles is 1. The molecule has 1 N–H and O–H groups in total. The van der Waals surface area contributed by atoms with Gasteiger partial charge in [0.15, 0.2) is 11.4 Å². The molecule has 0 saturated heterocycles. The lowest BCUT2D eigenvalue weighted by molar-refractivity contribution is 0.0527. The summed E-state index contributed by atoms with van der Waals surface area (Å²) in [6, 6.07) is 5.29. The van der Waals surface area contributed by atoms with E-state index in [0.717, 1.165) is 5.56 Å². The minimum atomic E-state index is -0.414. The minimum Gasteiger partial charge on any atom is -0.462 e. The first-order valence-corrected chi connectivity index (χ1v) is 6.91. The Morgan fingerprint density at radius 3 is 2.89 bits per heavy atom. The molecule has 0 bridgehead atoms. The Balaban J connectivity index is 3.25. The molecule has 0 fully saturated rings. The largest absolute Gasteiger partial charge is 0.462 e. The van der Waals surface area contributed by atoms with Gasteiger partial charge in [-0.1, -0.05) is 23.9 Å². The Labute approximate surface area is 116 Å². The fourth-order valence-corrected chi connectivity index (χ4v) is 1.79. The predicted molar refractivity (Wildman–Crippen MR) is 76.5 cm³/mol. The maximum Gasteiger partial charge on any atom is 0.340 e. The summed E-state index contributed by atoms with van der Waals surface area (Å²) in [5, 5.41) is 11.5. The third kappa shape index (κ3) is 4.00. The summed E-state index contributed by atoms with van der Waals surface area (Å²) < 4.78 is 5.00. The molecule has 0 spiro atoms. The zero-order valence-corrected chi connectivity index (χ0v) is 11.9. The third-order valence-electron chi connectivity index (χ3n) is 2.30. The molecule has 0 saturated carbocycles. The number of thioether (sulfide) groups is 1. The SMILES string of the molecule is CCOC(=O)c1cccc(C)c1N=C(NC#N)SC. The number of rotatable bonds is 3. The van der Waals surface area contributed by atoms with Crippen LogP contribution in [0.25, 0.3) is 0 Å². The van der Waals surface area contributed by atoms with Crippen molar-refractivity contribution >= 4 is 28.6 Å². The Kier molecular flexibility index (Phi) is 5.90. The van der Waals surface area contributed by atoms with Gasteiger partial charge >= 0.3 is 5.97 Å². The number of carbonyl (C=O) groups excluding carboxylic acids is 1. The topological polar surface area (TPSA) is 74.5 Å². The third-order valence-corrected chi connectivity index (χ3v) is 2.88. The van der Waals surface area contributed by atoms with Crippen LogP contribution < -0.4 is 5.32 Å². The lowest BCUT2D eigenvalue weighted by Crippen LogP contribution is -2.13. The summed E-state index contributed by atoms with van der Waals surface area (Å²) in [4.78, 5) is 16.2. The summed E-state index contributed by atoms with van der Waals surface area (Å²) in [5.74, 6) is -0.414. The molecule has 0 heterocycles. The lowest BCUT2D eigenvalue weighted by atomic mass is 10.1. The van der Waals surface area contributed by atoms with Crippen LogP contribution in [0.4, 0.5) is 5.69 Å². The summed E-state index contributed by atoms with van der Waals surface area (Å²) in [6.45, 7) is 3.91. The number of aryl methyl sites for hydroxylation is 1. The molecule has 1 rings (SSSR count). The van der Waals surface area contributed by atoms with Crippen molar-refractivity contribution in [2.75, 3.05) is 12.9 Å². The number of nitrogens with one attached hydrogen (secondary N) is 1. The number of benzene rings is 1. The fourth-order valence-electron chi connectivity index (χ4n) is 1.45. The zero-order valence-electron chi connectivity index (χ0n) is 11.1. The van der Waals surface area contributed by atoms with E-state index in [1.54, 1.807) is 25.3 Å². The highest BCUT2D eigenvalue weighted by atomic mass is 32.2. The van der Waals surface area contributed by atoms with Gasteiger partial charge in [-0.25, -0.2) is 9.79 Å². The molecule has 19 heavy (non-hydrogen) atoms. The molecule has 0 unspecified atom stereocenters. The smallest absolute Gasteiger partial charge is 0.340 e. The molecule has 0 aliphatic rings. The highest BCUT2D eigenvalue weighted by Crippen LogP contribution is 2.25. The Morgan fingerprint density at radius 2 is 2.32 bits per heavy atom. The predicted octanol–water partition coefficient (Wildman–Crippen LogP) is 2.59. The molecule has 0 aliphatic carbocycles. The van der Waals surface area contributed by atoms with Gasteiger partial charge in [-0.15, -0.1) is 0 Å². The molecule has 0 radical (unpaired) electrons. The summed E-state index contributed by atoms with van der Waals surface area (Å²) >= 11 is 1.30. The van der Waals surface area contributed by atoms with Crippen molar-refractivity contribution in [1.29, 1.82) is 5.26 Å². The van der Waals surface area contributed by atoms with Crippen molar-refractivity contribution in [1.82, 2.24) is 5.32 Å². The first-order valence-electron chi connectivity index (χ1n) is 5.68. The number of amidine groups is 1. The molecule has 1 aromatic rings. The number of hydrogen-bond acceptors (Lipinski definition) is 5. The van der Waals surface area contributed by atoms with E-state index in [4.69, 9.17) is 10.00 Å². The van der Waals surface area contributed by atoms with E-state index in [9.17, 15) is 4.79 Å². The van der Waals surface area contributed by atoms with Crippen LogP contribution in [0.3, 0.4) is 0 Å². The van der Waals surface area contributed by atoms with Gasteiger partial charge in [0.05, 0.1) is 17.9 Å². The molecular formula is C13H15N3O2S. The second-order valence-corrected chi connectivity index (χ2v) is 4.34. The minimum absolute atomic E-state index is 0.307. The number of ether oxygens (including phenoxy) is 1. The molecule has 0 amide bonds. The number of nitrogens with zero attached hydrogens (tertiary/aromatic N) is 2. The van der Waals surface area contributed by atoms with Crippen LogP contribution in [-0.2, 0) is 4.74 Å². The molecule has 6 heteroatoms. The lowest BCUT2D eigenvalue weighted by Gasteiger charge is -2.09. The van der Waals surface area contributed by atoms with Crippen molar-refractivity contribution in [2.45, 2.75) is 13.8 Å². The van der Waals surface area contributed by atoms with E-state index in [0.29, 0.717) is 23.0 Å². The fraction of sp³-hybridized carbons (Fsp3) is 0.308. The van der Waals surface area contributed by atoms with Gasteiger partial charge in [-0.05, 0) is 31.7 Å². The van der Waals surface area contributed by atoms with Crippen LogP contribution >= 0.6 is 11.8 Å². The van der Waals surface area contributed by atoms with Gasteiger partial charge in [-0.3, -0.25) is 5.32 Å². The summed E-state index contributed by atoms with van der Waals surface area (Å²) in [6.07, 6.45) is 3.61. The Morgan fingerprint density at radius 1 is 1.58 bits per heavy atom. The van der Waals surface area contributed by atoms with Crippen molar-refractivity contribution in [3.63, 3.8) is 0 Å². The quantitative estimate of drug-likeness (QED) is 0.302. The molecule has 0 atom stereocenters. The summed E-state index contributed by atoms with van der Waals surface area (Å²) in [7, 11) is 0. The van der Waals surface area contributed by atoms with Crippen LogP contribution in [0.1, 0.15) is 22.8 Å². The first kappa shape index (κ1) is 15.1. The number of hydrogen-bond donors (Lipinski definition) is 1. The van der Waals surface area contributed by atoms with E-state index in [-0.39, 0.29) is 0 Å². The van der Waals surface area contributed by atoms with Gasteiger partial charge in [-0.2, -0.15) is 5.26 Å². The van der Waals surface area contributed by atoms with E-state index >= 15 is 0 Å². The van der Waals surface area contributed by atoms with E-state index in [1.165, 1.54) is 11.8 Å². The second kappa shape index (κ2) is 7.44. The molecule has 1 aromatic carbocycles. The molecule has 100 valence electrons. The van der Waals surface area contributed by atoms with E-state index in [1.807, 2.05) is 19.2 Å². The van der Waals surface area contributed by atoms with Gasteiger partial charge < -0.3 is 4.74 Å². The number of carbonyl (C=O) groups is 1. The van der Waals surface area contributed by atoms with Crippen LogP contribution in [0, 0.1) is 18.4 Å². The maximum absolute atomic E-state index is 11.9. The summed E-state index contributed by atoms with van der Waals surface area (Å²) in [5.41, 5.74) is 1.76. The monoisotopic (exact) mass is 277 g/mol.